The van der Waals surface area contributed by atoms with E-state index in [2.05, 4.69) is 27.8 Å². The molecular formula is C24H24FN3O. The van der Waals surface area contributed by atoms with E-state index in [0.29, 0.717) is 12.1 Å². The zero-order chi connectivity index (χ0) is 20.3. The highest BCUT2D eigenvalue weighted by Gasteiger charge is 2.43. The van der Waals surface area contributed by atoms with Crippen molar-refractivity contribution in [3.8, 4) is 11.3 Å². The van der Waals surface area contributed by atoms with Gasteiger partial charge < -0.3 is 10.6 Å². The first-order valence-electron chi connectivity index (χ1n) is 9.84. The van der Waals surface area contributed by atoms with Crippen LogP contribution in [0.2, 0.25) is 0 Å². The fraction of sp³-hybridized carbons (Fsp3) is 0.250. The van der Waals surface area contributed by atoms with Crippen LogP contribution in [0, 0.1) is 5.82 Å². The Morgan fingerprint density at radius 1 is 1.10 bits per heavy atom. The molecule has 1 fully saturated rings. The summed E-state index contributed by atoms with van der Waals surface area (Å²) in [6.07, 6.45) is 4.10. The molecule has 0 radical (unpaired) electrons. The number of amides is 1. The first-order chi connectivity index (χ1) is 14.1. The molecule has 1 aromatic heterocycles. The number of rotatable bonds is 7. The molecule has 0 unspecified atom stereocenters. The summed E-state index contributed by atoms with van der Waals surface area (Å²) in [6.45, 7) is 1.58. The number of halogens is 1. The predicted octanol–water partition coefficient (Wildman–Crippen LogP) is 4.07. The second-order valence-electron chi connectivity index (χ2n) is 7.60. The van der Waals surface area contributed by atoms with Crippen molar-refractivity contribution in [1.82, 2.24) is 15.6 Å². The lowest BCUT2D eigenvalue weighted by molar-refractivity contribution is 0.0963. The Morgan fingerprint density at radius 3 is 2.62 bits per heavy atom. The highest BCUT2D eigenvalue weighted by atomic mass is 19.1. The van der Waals surface area contributed by atoms with Crippen LogP contribution in [0.15, 0.2) is 66.9 Å². The van der Waals surface area contributed by atoms with Crippen LogP contribution in [0.4, 0.5) is 4.39 Å². The molecule has 1 saturated carbocycles. The molecule has 1 aliphatic carbocycles. The molecular weight excluding hydrogens is 365 g/mol. The molecule has 5 heteroatoms. The smallest absolute Gasteiger partial charge is 0.251 e. The summed E-state index contributed by atoms with van der Waals surface area (Å²) in [7, 11) is 1.63. The molecule has 148 valence electrons. The SMILES string of the molecule is CNC(=O)c1cccc(-c2cc(C3(CNCc4ccc(F)cc4)CC3)ccn2)c1. The maximum absolute atomic E-state index is 13.0. The summed E-state index contributed by atoms with van der Waals surface area (Å²) in [6, 6.07) is 18.4. The second kappa shape index (κ2) is 8.13. The third-order valence-corrected chi connectivity index (χ3v) is 5.58. The van der Waals surface area contributed by atoms with Crippen molar-refractivity contribution in [2.75, 3.05) is 13.6 Å². The Kier molecular flexibility index (Phi) is 5.41. The molecule has 29 heavy (non-hydrogen) atoms. The minimum atomic E-state index is -0.211. The Hall–Kier alpha value is -3.05. The normalized spacial score (nSPS) is 14.4. The van der Waals surface area contributed by atoms with Crippen LogP contribution in [-0.4, -0.2) is 24.5 Å². The third kappa shape index (κ3) is 4.35. The number of carbonyl (C=O) groups is 1. The van der Waals surface area contributed by atoms with E-state index >= 15 is 0 Å². The van der Waals surface area contributed by atoms with Gasteiger partial charge in [0.1, 0.15) is 5.82 Å². The van der Waals surface area contributed by atoms with Gasteiger partial charge in [-0.2, -0.15) is 0 Å². The molecule has 0 bridgehead atoms. The minimum absolute atomic E-state index is 0.105. The molecule has 1 amide bonds. The van der Waals surface area contributed by atoms with Gasteiger partial charge in [0.25, 0.3) is 5.91 Å². The van der Waals surface area contributed by atoms with E-state index in [1.165, 1.54) is 17.7 Å². The topological polar surface area (TPSA) is 54.0 Å². The molecule has 0 atom stereocenters. The predicted molar refractivity (Wildman–Crippen MR) is 112 cm³/mol. The van der Waals surface area contributed by atoms with Crippen LogP contribution in [0.1, 0.15) is 34.3 Å². The number of nitrogens with zero attached hydrogens (tertiary/aromatic N) is 1. The molecule has 0 saturated heterocycles. The average Bonchev–Trinajstić information content (AvgIpc) is 3.56. The van der Waals surface area contributed by atoms with E-state index in [0.717, 1.165) is 36.2 Å². The Morgan fingerprint density at radius 2 is 1.90 bits per heavy atom. The van der Waals surface area contributed by atoms with Gasteiger partial charge in [-0.25, -0.2) is 4.39 Å². The number of hydrogen-bond acceptors (Lipinski definition) is 3. The molecule has 0 aliphatic heterocycles. The van der Waals surface area contributed by atoms with Gasteiger partial charge in [0, 0.05) is 42.9 Å². The molecule has 2 aromatic carbocycles. The largest absolute Gasteiger partial charge is 0.355 e. The fourth-order valence-corrected chi connectivity index (χ4v) is 3.65. The summed E-state index contributed by atoms with van der Waals surface area (Å²) in [5.41, 5.74) is 4.89. The van der Waals surface area contributed by atoms with Crippen LogP contribution in [0.5, 0.6) is 0 Å². The van der Waals surface area contributed by atoms with Gasteiger partial charge in [-0.05, 0) is 60.4 Å². The lowest BCUT2D eigenvalue weighted by Crippen LogP contribution is -2.26. The lowest BCUT2D eigenvalue weighted by atomic mass is 9.94. The maximum atomic E-state index is 13.0. The third-order valence-electron chi connectivity index (χ3n) is 5.58. The summed E-state index contributed by atoms with van der Waals surface area (Å²) in [5, 5.41) is 6.17. The van der Waals surface area contributed by atoms with E-state index in [9.17, 15) is 9.18 Å². The van der Waals surface area contributed by atoms with Crippen LogP contribution < -0.4 is 10.6 Å². The maximum Gasteiger partial charge on any atom is 0.251 e. The zero-order valence-corrected chi connectivity index (χ0v) is 16.4. The van der Waals surface area contributed by atoms with E-state index in [1.54, 1.807) is 13.1 Å². The molecule has 3 aromatic rings. The van der Waals surface area contributed by atoms with Gasteiger partial charge in [0.15, 0.2) is 0 Å². The van der Waals surface area contributed by atoms with Crippen LogP contribution >= 0.6 is 0 Å². The van der Waals surface area contributed by atoms with E-state index < -0.39 is 0 Å². The summed E-state index contributed by atoms with van der Waals surface area (Å²) in [5.74, 6) is -0.316. The van der Waals surface area contributed by atoms with E-state index in [1.807, 2.05) is 36.5 Å². The van der Waals surface area contributed by atoms with Crippen molar-refractivity contribution in [2.45, 2.75) is 24.8 Å². The lowest BCUT2D eigenvalue weighted by Gasteiger charge is -2.18. The molecule has 1 heterocycles. The highest BCUT2D eigenvalue weighted by Crippen LogP contribution is 2.48. The van der Waals surface area contributed by atoms with Gasteiger partial charge >= 0.3 is 0 Å². The van der Waals surface area contributed by atoms with E-state index in [4.69, 9.17) is 0 Å². The van der Waals surface area contributed by atoms with Crippen LogP contribution in [-0.2, 0) is 12.0 Å². The van der Waals surface area contributed by atoms with Gasteiger partial charge in [-0.15, -0.1) is 0 Å². The van der Waals surface area contributed by atoms with Crippen LogP contribution in [0.25, 0.3) is 11.3 Å². The summed E-state index contributed by atoms with van der Waals surface area (Å²) < 4.78 is 13.0. The standard InChI is InChI=1S/C24H24FN3O/c1-26-23(29)19-4-2-3-18(13-19)22-14-20(9-12-28-22)24(10-11-24)16-27-15-17-5-7-21(25)8-6-17/h2-9,12-14,27H,10-11,15-16H2,1H3,(H,26,29). The van der Waals surface area contributed by atoms with Gasteiger partial charge in [-0.1, -0.05) is 24.3 Å². The Balaban J connectivity index is 1.48. The number of hydrogen-bond donors (Lipinski definition) is 2. The minimum Gasteiger partial charge on any atom is -0.355 e. The van der Waals surface area contributed by atoms with Gasteiger partial charge in [0.05, 0.1) is 5.69 Å². The molecule has 0 spiro atoms. The first kappa shape index (κ1) is 19.3. The number of nitrogens with one attached hydrogen (secondary N) is 2. The summed E-state index contributed by atoms with van der Waals surface area (Å²) in [4.78, 5) is 16.5. The first-order valence-corrected chi connectivity index (χ1v) is 9.84. The monoisotopic (exact) mass is 389 g/mol. The zero-order valence-electron chi connectivity index (χ0n) is 16.4. The number of benzene rings is 2. The number of carbonyl (C=O) groups excluding carboxylic acids is 1. The quantitative estimate of drug-likeness (QED) is 0.641. The van der Waals surface area contributed by atoms with Crippen molar-refractivity contribution in [3.63, 3.8) is 0 Å². The average molecular weight is 389 g/mol. The Bertz CT molecular complexity index is 1010. The van der Waals surface area contributed by atoms with Gasteiger partial charge in [0.2, 0.25) is 0 Å². The van der Waals surface area contributed by atoms with Crippen molar-refractivity contribution in [2.24, 2.45) is 0 Å². The van der Waals surface area contributed by atoms with Crippen molar-refractivity contribution in [3.05, 3.63) is 89.4 Å². The van der Waals surface area contributed by atoms with Crippen LogP contribution in [0.3, 0.4) is 0 Å². The number of aromatic nitrogens is 1. The fourth-order valence-electron chi connectivity index (χ4n) is 3.65. The van der Waals surface area contributed by atoms with Crippen molar-refractivity contribution < 1.29 is 9.18 Å². The second-order valence-corrected chi connectivity index (χ2v) is 7.60. The molecule has 4 rings (SSSR count). The molecule has 2 N–H and O–H groups in total. The van der Waals surface area contributed by atoms with Crippen molar-refractivity contribution in [1.29, 1.82) is 0 Å². The summed E-state index contributed by atoms with van der Waals surface area (Å²) >= 11 is 0. The Labute approximate surface area is 170 Å². The highest BCUT2D eigenvalue weighted by molar-refractivity contribution is 5.95. The van der Waals surface area contributed by atoms with E-state index in [-0.39, 0.29) is 17.1 Å². The van der Waals surface area contributed by atoms with Crippen molar-refractivity contribution >= 4 is 5.91 Å². The molecule has 1 aliphatic rings. The number of pyridine rings is 1. The molecule has 4 nitrogen and oxygen atoms in total. The van der Waals surface area contributed by atoms with Gasteiger partial charge in [-0.3, -0.25) is 9.78 Å².